The molecular weight excluding hydrogens is 252 g/mol. The molecule has 0 bridgehead atoms. The van der Waals surface area contributed by atoms with Gasteiger partial charge in [-0.05, 0) is 12.1 Å². The number of rotatable bonds is 3. The summed E-state index contributed by atoms with van der Waals surface area (Å²) in [6.45, 7) is -0.580. The molecule has 98 valence electrons. The third-order valence-corrected chi connectivity index (χ3v) is 2.58. The maximum absolute atomic E-state index is 12.0. The lowest BCUT2D eigenvalue weighted by atomic mass is 10.3. The van der Waals surface area contributed by atoms with E-state index in [0.29, 0.717) is 4.90 Å². The number of ether oxygens (including phenoxy) is 1. The first-order valence-electron chi connectivity index (χ1n) is 5.38. The molecule has 2 rings (SSSR count). The zero-order chi connectivity index (χ0) is 14.0. The first-order chi connectivity index (χ1) is 9.06. The number of methoxy groups -OCH3 is 1. The molecule has 1 aliphatic rings. The normalized spacial score (nSPS) is 15.1. The van der Waals surface area contributed by atoms with E-state index in [1.807, 2.05) is 0 Å². The van der Waals surface area contributed by atoms with Crippen molar-refractivity contribution in [2.75, 3.05) is 18.6 Å². The molecule has 1 aliphatic heterocycles. The molecule has 0 saturated carbocycles. The highest BCUT2D eigenvalue weighted by molar-refractivity contribution is 6.53. The average Bonchev–Trinajstić information content (AvgIpc) is 2.63. The van der Waals surface area contributed by atoms with Crippen LogP contribution in [0.5, 0.6) is 0 Å². The van der Waals surface area contributed by atoms with Gasteiger partial charge in [0.05, 0.1) is 12.8 Å². The van der Waals surface area contributed by atoms with Crippen molar-refractivity contribution < 1.29 is 23.9 Å². The van der Waals surface area contributed by atoms with Crippen LogP contribution in [0.4, 0.5) is 10.5 Å². The standard InChI is InChI=1S/C12H10N2O5/c1-19-9(15)7-13-10(16)11(17)14(12(13)18)8-5-3-2-4-6-8/h2-6H,7H2,1H3. The van der Waals surface area contributed by atoms with Crippen molar-refractivity contribution in [3.63, 3.8) is 0 Å². The molecule has 0 aromatic heterocycles. The lowest BCUT2D eigenvalue weighted by molar-refractivity contribution is -0.146. The van der Waals surface area contributed by atoms with E-state index in [-0.39, 0.29) is 5.69 Å². The summed E-state index contributed by atoms with van der Waals surface area (Å²) in [4.78, 5) is 47.8. The number of para-hydroxylation sites is 1. The minimum Gasteiger partial charge on any atom is -0.468 e. The monoisotopic (exact) mass is 262 g/mol. The quantitative estimate of drug-likeness (QED) is 0.440. The van der Waals surface area contributed by atoms with Crippen molar-refractivity contribution in [1.29, 1.82) is 0 Å². The highest BCUT2D eigenvalue weighted by Gasteiger charge is 2.46. The fraction of sp³-hybridized carbons (Fsp3) is 0.167. The van der Waals surface area contributed by atoms with Crippen LogP contribution in [0.3, 0.4) is 0 Å². The van der Waals surface area contributed by atoms with Crippen LogP contribution in [0, 0.1) is 0 Å². The van der Waals surface area contributed by atoms with E-state index in [0.717, 1.165) is 12.0 Å². The fourth-order valence-corrected chi connectivity index (χ4v) is 1.64. The van der Waals surface area contributed by atoms with Gasteiger partial charge in [-0.3, -0.25) is 14.4 Å². The molecule has 1 fully saturated rings. The SMILES string of the molecule is COC(=O)CN1C(=O)C(=O)N(c2ccccc2)C1=O. The molecule has 7 nitrogen and oxygen atoms in total. The summed E-state index contributed by atoms with van der Waals surface area (Å²) in [5.74, 6) is -2.80. The Kier molecular flexibility index (Phi) is 3.28. The molecule has 0 N–H and O–H groups in total. The second kappa shape index (κ2) is 4.89. The minimum atomic E-state index is -1.04. The zero-order valence-electron chi connectivity index (χ0n) is 10.0. The Balaban J connectivity index is 2.29. The summed E-state index contributed by atoms with van der Waals surface area (Å²) in [6, 6.07) is 7.15. The molecule has 0 spiro atoms. The van der Waals surface area contributed by atoms with Gasteiger partial charge in [-0.15, -0.1) is 0 Å². The van der Waals surface area contributed by atoms with Crippen LogP contribution >= 0.6 is 0 Å². The number of esters is 1. The number of amides is 4. The predicted molar refractivity (Wildman–Crippen MR) is 63.1 cm³/mol. The number of hydrogen-bond donors (Lipinski definition) is 0. The Labute approximate surface area is 108 Å². The van der Waals surface area contributed by atoms with Gasteiger partial charge in [0.25, 0.3) is 0 Å². The van der Waals surface area contributed by atoms with E-state index < -0.39 is 30.4 Å². The summed E-state index contributed by atoms with van der Waals surface area (Å²) >= 11 is 0. The molecule has 0 radical (unpaired) electrons. The van der Waals surface area contributed by atoms with Crippen LogP contribution in [-0.2, 0) is 19.1 Å². The summed E-state index contributed by atoms with van der Waals surface area (Å²) in [6.07, 6.45) is 0. The van der Waals surface area contributed by atoms with E-state index in [1.54, 1.807) is 18.2 Å². The lowest BCUT2D eigenvalue weighted by Crippen LogP contribution is -2.37. The molecule has 1 heterocycles. The average molecular weight is 262 g/mol. The van der Waals surface area contributed by atoms with Gasteiger partial charge in [0, 0.05) is 0 Å². The third-order valence-electron chi connectivity index (χ3n) is 2.58. The summed E-state index contributed by atoms with van der Waals surface area (Å²) in [5, 5.41) is 0. The molecule has 0 unspecified atom stereocenters. The van der Waals surface area contributed by atoms with E-state index >= 15 is 0 Å². The number of anilines is 1. The predicted octanol–water partition coefficient (Wildman–Crippen LogP) is 0.155. The van der Waals surface area contributed by atoms with E-state index in [1.165, 1.54) is 12.1 Å². The third kappa shape index (κ3) is 2.17. The van der Waals surface area contributed by atoms with Crippen molar-refractivity contribution in [3.05, 3.63) is 30.3 Å². The van der Waals surface area contributed by atoms with Crippen LogP contribution in [0.1, 0.15) is 0 Å². The smallest absolute Gasteiger partial charge is 0.339 e. The number of urea groups is 1. The fourth-order valence-electron chi connectivity index (χ4n) is 1.64. The molecule has 0 atom stereocenters. The van der Waals surface area contributed by atoms with Gasteiger partial charge >= 0.3 is 23.8 Å². The summed E-state index contributed by atoms with van der Waals surface area (Å²) < 4.78 is 4.37. The number of benzene rings is 1. The first-order valence-corrected chi connectivity index (χ1v) is 5.38. The van der Waals surface area contributed by atoms with Crippen LogP contribution in [0.15, 0.2) is 30.3 Å². The highest BCUT2D eigenvalue weighted by atomic mass is 16.5. The van der Waals surface area contributed by atoms with Gasteiger partial charge in [-0.25, -0.2) is 14.6 Å². The maximum atomic E-state index is 12.0. The van der Waals surface area contributed by atoms with Crippen molar-refractivity contribution in [1.82, 2.24) is 4.90 Å². The number of imide groups is 2. The Hall–Kier alpha value is -2.70. The largest absolute Gasteiger partial charge is 0.468 e. The Bertz CT molecular complexity index is 554. The second-order valence-electron chi connectivity index (χ2n) is 3.73. The van der Waals surface area contributed by atoms with Gasteiger partial charge in [0.15, 0.2) is 0 Å². The van der Waals surface area contributed by atoms with Crippen molar-refractivity contribution in [2.24, 2.45) is 0 Å². The summed E-state index contributed by atoms with van der Waals surface area (Å²) in [7, 11) is 1.13. The molecule has 7 heteroatoms. The molecule has 4 amide bonds. The van der Waals surface area contributed by atoms with Gasteiger partial charge in [-0.1, -0.05) is 18.2 Å². The van der Waals surface area contributed by atoms with Crippen LogP contribution in [0.2, 0.25) is 0 Å². The van der Waals surface area contributed by atoms with Gasteiger partial charge in [0.2, 0.25) is 0 Å². The van der Waals surface area contributed by atoms with Crippen LogP contribution in [0.25, 0.3) is 0 Å². The van der Waals surface area contributed by atoms with Crippen molar-refractivity contribution in [2.45, 2.75) is 0 Å². The van der Waals surface area contributed by atoms with Gasteiger partial charge < -0.3 is 4.74 Å². The van der Waals surface area contributed by atoms with Gasteiger partial charge in [0.1, 0.15) is 6.54 Å². The molecular formula is C12H10N2O5. The second-order valence-corrected chi connectivity index (χ2v) is 3.73. The number of carbonyl (C=O) groups is 4. The van der Waals surface area contributed by atoms with Crippen LogP contribution < -0.4 is 4.90 Å². The maximum Gasteiger partial charge on any atom is 0.339 e. The zero-order valence-corrected chi connectivity index (χ0v) is 10.0. The number of hydrogen-bond acceptors (Lipinski definition) is 5. The molecule has 1 saturated heterocycles. The Morgan fingerprint density at radius 1 is 1.11 bits per heavy atom. The number of carbonyl (C=O) groups excluding carboxylic acids is 4. The van der Waals surface area contributed by atoms with Crippen molar-refractivity contribution >= 4 is 29.5 Å². The Morgan fingerprint density at radius 2 is 1.74 bits per heavy atom. The van der Waals surface area contributed by atoms with E-state index in [2.05, 4.69) is 4.74 Å². The number of nitrogens with zero attached hydrogens (tertiary/aromatic N) is 2. The molecule has 1 aromatic rings. The minimum absolute atomic E-state index is 0.276. The van der Waals surface area contributed by atoms with Gasteiger partial charge in [-0.2, -0.15) is 0 Å². The molecule has 1 aromatic carbocycles. The van der Waals surface area contributed by atoms with Crippen LogP contribution in [-0.4, -0.2) is 42.4 Å². The molecule has 19 heavy (non-hydrogen) atoms. The topological polar surface area (TPSA) is 84.0 Å². The van der Waals surface area contributed by atoms with Crippen molar-refractivity contribution in [3.8, 4) is 0 Å². The molecule has 0 aliphatic carbocycles. The highest BCUT2D eigenvalue weighted by Crippen LogP contribution is 2.21. The summed E-state index contributed by atoms with van der Waals surface area (Å²) in [5.41, 5.74) is 0.276. The lowest BCUT2D eigenvalue weighted by Gasteiger charge is -2.14. The Morgan fingerprint density at radius 3 is 2.32 bits per heavy atom. The first kappa shape index (κ1) is 12.7. The van der Waals surface area contributed by atoms with E-state index in [4.69, 9.17) is 0 Å². The van der Waals surface area contributed by atoms with E-state index in [9.17, 15) is 19.2 Å².